The Balaban J connectivity index is 0.000000329. The second-order valence-electron chi connectivity index (χ2n) is 6.21. The summed E-state index contributed by atoms with van der Waals surface area (Å²) in [5.41, 5.74) is 8.28. The van der Waals surface area contributed by atoms with Crippen LogP contribution in [-0.4, -0.2) is 40.5 Å². The normalized spacial score (nSPS) is 10.9. The van der Waals surface area contributed by atoms with Crippen molar-refractivity contribution < 1.29 is 22.2 Å². The molecule has 8 nitrogen and oxygen atoms in total. The molecule has 0 saturated heterocycles. The molecule has 9 heteroatoms. The Morgan fingerprint density at radius 3 is 2.33 bits per heavy atom. The number of amides is 1. The van der Waals surface area contributed by atoms with Crippen LogP contribution in [0.4, 0.5) is 0 Å². The predicted octanol–water partition coefficient (Wildman–Crippen LogP) is 2.45. The Morgan fingerprint density at radius 1 is 1.10 bits per heavy atom. The highest BCUT2D eigenvalue weighted by atomic mass is 32.2. The van der Waals surface area contributed by atoms with Crippen LogP contribution >= 0.6 is 0 Å². The van der Waals surface area contributed by atoms with Crippen molar-refractivity contribution in [1.29, 1.82) is 0 Å². The van der Waals surface area contributed by atoms with E-state index in [0.717, 1.165) is 17.4 Å². The summed E-state index contributed by atoms with van der Waals surface area (Å²) < 4.78 is 25.4. The molecule has 0 aliphatic heterocycles. The van der Waals surface area contributed by atoms with Crippen LogP contribution in [0.1, 0.15) is 34.3 Å². The molecule has 2 aromatic rings. The molecule has 3 N–H and O–H groups in total. The van der Waals surface area contributed by atoms with Crippen LogP contribution in [0.3, 0.4) is 0 Å². The molecular weight excluding hydrogens is 406 g/mol. The van der Waals surface area contributed by atoms with Crippen molar-refractivity contribution >= 4 is 22.2 Å². The molecule has 0 heterocycles. The molecule has 0 aliphatic rings. The van der Waals surface area contributed by atoms with Gasteiger partial charge in [-0.1, -0.05) is 47.6 Å². The van der Waals surface area contributed by atoms with Crippen molar-refractivity contribution in [2.45, 2.75) is 25.9 Å². The van der Waals surface area contributed by atoms with Gasteiger partial charge >= 0.3 is 0 Å². The minimum Gasteiger partial charge on any atom is -0.399 e. The number of hydrogen-bond donors (Lipinski definition) is 2. The predicted molar refractivity (Wildman–Crippen MR) is 117 cm³/mol. The van der Waals surface area contributed by atoms with Gasteiger partial charge in [0.15, 0.2) is 0 Å². The fraction of sp³-hybridized carbons (Fsp3) is 0.333. The van der Waals surface area contributed by atoms with E-state index in [1.165, 1.54) is 7.11 Å². The van der Waals surface area contributed by atoms with Crippen molar-refractivity contribution in [3.63, 3.8) is 0 Å². The van der Waals surface area contributed by atoms with Gasteiger partial charge in [-0.2, -0.15) is 8.42 Å². The molecule has 2 rings (SSSR count). The third kappa shape index (κ3) is 11.9. The van der Waals surface area contributed by atoms with Gasteiger partial charge in [0, 0.05) is 24.9 Å². The van der Waals surface area contributed by atoms with E-state index in [9.17, 15) is 13.2 Å². The van der Waals surface area contributed by atoms with E-state index in [-0.39, 0.29) is 12.5 Å². The number of carbonyl (C=O) groups is 1. The highest BCUT2D eigenvalue weighted by Crippen LogP contribution is 2.04. The zero-order chi connectivity index (χ0) is 22.2. The first-order valence-corrected chi connectivity index (χ1v) is 11.2. The van der Waals surface area contributed by atoms with Crippen molar-refractivity contribution in [3.05, 3.63) is 71.3 Å². The lowest BCUT2D eigenvalue weighted by atomic mass is 10.1. The Bertz CT molecular complexity index is 869. The van der Waals surface area contributed by atoms with Gasteiger partial charge in [-0.05, 0) is 36.1 Å². The lowest BCUT2D eigenvalue weighted by Gasteiger charge is -2.06. The van der Waals surface area contributed by atoms with Gasteiger partial charge in [0.25, 0.3) is 16.0 Å². The summed E-state index contributed by atoms with van der Waals surface area (Å²) in [4.78, 5) is 16.3. The second-order valence-corrected chi connectivity index (χ2v) is 7.85. The Morgan fingerprint density at radius 2 is 1.77 bits per heavy atom. The minimum atomic E-state index is -3.29. The minimum absolute atomic E-state index is 0.0672. The summed E-state index contributed by atoms with van der Waals surface area (Å²) in [6.45, 7) is 1.22. The van der Waals surface area contributed by atoms with Crippen molar-refractivity contribution in [1.82, 2.24) is 5.32 Å². The number of rotatable bonds is 10. The van der Waals surface area contributed by atoms with Gasteiger partial charge in [-0.25, -0.2) is 0 Å². The number of nitrogens with zero attached hydrogens (tertiary/aromatic N) is 1. The largest absolute Gasteiger partial charge is 0.399 e. The van der Waals surface area contributed by atoms with E-state index in [2.05, 4.69) is 19.5 Å². The second kappa shape index (κ2) is 14.3. The topological polar surface area (TPSA) is 120 Å². The zero-order valence-electron chi connectivity index (χ0n) is 17.3. The highest BCUT2D eigenvalue weighted by molar-refractivity contribution is 7.85. The summed E-state index contributed by atoms with van der Waals surface area (Å²) in [5, 5.41) is 6.36. The van der Waals surface area contributed by atoms with Crippen molar-refractivity contribution in [2.24, 2.45) is 10.9 Å². The first-order chi connectivity index (χ1) is 14.4. The monoisotopic (exact) mass is 435 g/mol. The lowest BCUT2D eigenvalue weighted by Crippen LogP contribution is -2.22. The van der Waals surface area contributed by atoms with Crippen LogP contribution in [0, 0.1) is 0 Å². The van der Waals surface area contributed by atoms with Gasteiger partial charge in [0.2, 0.25) is 0 Å². The maximum absolute atomic E-state index is 11.9. The fourth-order valence-corrected chi connectivity index (χ4v) is 2.61. The molecule has 0 spiro atoms. The average Bonchev–Trinajstić information content (AvgIpc) is 2.75. The standard InChI is InChI=1S/C15H16N2O.C6H13NO4S/c16-10-12-6-8-14(9-7-12)15(18)17-11-13-4-2-1-3-5-13;1-10-7-5-3-4-6-11-12(2,8)9/h1-9H,10-11,16H2,(H,17,18);5H,3-4,6H2,1-2H3. The van der Waals surface area contributed by atoms with Gasteiger partial charge < -0.3 is 15.9 Å². The molecule has 0 fully saturated rings. The molecule has 0 aliphatic carbocycles. The molecule has 30 heavy (non-hydrogen) atoms. The smallest absolute Gasteiger partial charge is 0.264 e. The van der Waals surface area contributed by atoms with Crippen molar-refractivity contribution in [2.75, 3.05) is 20.0 Å². The molecule has 1 amide bonds. The number of oxime groups is 1. The van der Waals surface area contributed by atoms with Gasteiger partial charge in [-0.3, -0.25) is 8.98 Å². The maximum atomic E-state index is 11.9. The zero-order valence-corrected chi connectivity index (χ0v) is 18.1. The van der Waals surface area contributed by atoms with Crippen LogP contribution in [0.5, 0.6) is 0 Å². The SMILES string of the molecule is CON=CCCCOS(C)(=O)=O.NCc1ccc(C(=O)NCc2ccccc2)cc1. The summed E-state index contributed by atoms with van der Waals surface area (Å²) in [7, 11) is -1.84. The van der Waals surface area contributed by atoms with Crippen LogP contribution in [0.15, 0.2) is 59.8 Å². The molecule has 0 radical (unpaired) electrons. The van der Waals surface area contributed by atoms with E-state index in [1.54, 1.807) is 18.3 Å². The number of hydrogen-bond acceptors (Lipinski definition) is 7. The number of carbonyl (C=O) groups excluding carboxylic acids is 1. The molecule has 0 atom stereocenters. The summed E-state index contributed by atoms with van der Waals surface area (Å²) in [6, 6.07) is 17.2. The summed E-state index contributed by atoms with van der Waals surface area (Å²) in [6.07, 6.45) is 3.84. The molecule has 0 bridgehead atoms. The van der Waals surface area contributed by atoms with Gasteiger partial charge in [0.1, 0.15) is 7.11 Å². The van der Waals surface area contributed by atoms with E-state index in [1.807, 2.05) is 42.5 Å². The molecule has 0 aromatic heterocycles. The van der Waals surface area contributed by atoms with Crippen LogP contribution < -0.4 is 11.1 Å². The van der Waals surface area contributed by atoms with Crippen LogP contribution in [-0.2, 0) is 32.2 Å². The van der Waals surface area contributed by atoms with Gasteiger partial charge in [0.05, 0.1) is 12.9 Å². The van der Waals surface area contributed by atoms with Gasteiger partial charge in [-0.15, -0.1) is 0 Å². The molecule has 0 saturated carbocycles. The lowest BCUT2D eigenvalue weighted by molar-refractivity contribution is 0.0951. The van der Waals surface area contributed by atoms with E-state index < -0.39 is 10.1 Å². The highest BCUT2D eigenvalue weighted by Gasteiger charge is 2.04. The fourth-order valence-electron chi connectivity index (χ4n) is 2.18. The number of nitrogens with one attached hydrogen (secondary N) is 1. The quantitative estimate of drug-likeness (QED) is 0.256. The Kier molecular flexibility index (Phi) is 12.0. The molecule has 164 valence electrons. The summed E-state index contributed by atoms with van der Waals surface area (Å²) >= 11 is 0. The van der Waals surface area contributed by atoms with E-state index >= 15 is 0 Å². The average molecular weight is 436 g/mol. The third-order valence-electron chi connectivity index (χ3n) is 3.70. The first kappa shape index (κ1) is 25.3. The summed E-state index contributed by atoms with van der Waals surface area (Å²) in [5.74, 6) is -0.0672. The Hall–Kier alpha value is -2.75. The first-order valence-electron chi connectivity index (χ1n) is 9.36. The van der Waals surface area contributed by atoms with E-state index in [4.69, 9.17) is 5.73 Å². The Labute approximate surface area is 178 Å². The van der Waals surface area contributed by atoms with Crippen LogP contribution in [0.2, 0.25) is 0 Å². The number of benzene rings is 2. The molecular formula is C21H29N3O5S. The number of unbranched alkanes of at least 4 members (excludes halogenated alkanes) is 1. The maximum Gasteiger partial charge on any atom is 0.264 e. The van der Waals surface area contributed by atoms with Crippen molar-refractivity contribution in [3.8, 4) is 0 Å². The van der Waals surface area contributed by atoms with E-state index in [0.29, 0.717) is 31.5 Å². The number of nitrogens with two attached hydrogens (primary N) is 1. The van der Waals surface area contributed by atoms with Crippen LogP contribution in [0.25, 0.3) is 0 Å². The third-order valence-corrected chi connectivity index (χ3v) is 4.30. The molecule has 2 aromatic carbocycles. The molecule has 0 unspecified atom stereocenters.